The number of hydrogen-bond acceptors (Lipinski definition) is 10. The summed E-state index contributed by atoms with van der Waals surface area (Å²) in [5.74, 6) is -3.94. The summed E-state index contributed by atoms with van der Waals surface area (Å²) in [6.45, 7) is 3.99. The van der Waals surface area contributed by atoms with Crippen molar-refractivity contribution in [3.05, 3.63) is 515 Å². The minimum Gasteiger partial charge on any atom is -0.481 e. The molecule has 0 aliphatic heterocycles. The fourth-order valence-corrected chi connectivity index (χ4v) is 28.1. The number of nitrogens with zero attached hydrogens (tertiary/aromatic N) is 2. The molecule has 146 heavy (non-hydrogen) atoms. The van der Waals surface area contributed by atoms with Crippen LogP contribution in [0.25, 0.3) is 32.9 Å². The number of ether oxygens (including phenoxy) is 4. The molecular formula is C126H111BrN4O10P4Pd. The van der Waals surface area contributed by atoms with Gasteiger partial charge in [-0.15, -0.1) is 0 Å². The van der Waals surface area contributed by atoms with Gasteiger partial charge in [0.05, 0.1) is 47.2 Å². The Morgan fingerprint density at radius 2 is 0.527 bits per heavy atom. The summed E-state index contributed by atoms with van der Waals surface area (Å²) >= 11 is 3.60. The van der Waals surface area contributed by atoms with Crippen LogP contribution < -0.4 is 84.6 Å². The molecule has 14 nitrogen and oxygen atoms in total. The van der Waals surface area contributed by atoms with Gasteiger partial charge >= 0.3 is 11.9 Å². The van der Waals surface area contributed by atoms with Crippen LogP contribution >= 0.6 is 47.6 Å². The van der Waals surface area contributed by atoms with Crippen LogP contribution in [0.2, 0.25) is 0 Å². The zero-order valence-corrected chi connectivity index (χ0v) is 88.2. The van der Waals surface area contributed by atoms with E-state index in [1.807, 2.05) is 78.2 Å². The molecule has 732 valence electrons. The first kappa shape index (κ1) is 106. The summed E-state index contributed by atoms with van der Waals surface area (Å²) in [5.41, 5.74) is 23.0. The van der Waals surface area contributed by atoms with Crippen LogP contribution in [-0.4, -0.2) is 71.9 Å². The Kier molecular flexibility index (Phi) is 38.3. The van der Waals surface area contributed by atoms with E-state index in [-0.39, 0.29) is 44.8 Å². The normalized spacial score (nSPS) is 11.4. The van der Waals surface area contributed by atoms with Crippen LogP contribution in [0, 0.1) is 13.8 Å². The van der Waals surface area contributed by atoms with Gasteiger partial charge < -0.3 is 39.5 Å². The van der Waals surface area contributed by atoms with E-state index in [4.69, 9.17) is 30.4 Å². The molecule has 19 aromatic rings. The third-order valence-corrected chi connectivity index (χ3v) is 35.7. The smallest absolute Gasteiger partial charge is 0.343 e. The number of fused-ring (bicyclic) bond motifs is 6. The van der Waals surface area contributed by atoms with Crippen molar-refractivity contribution in [3.8, 4) is 22.6 Å². The largest absolute Gasteiger partial charge is 0.481 e. The first-order valence-corrected chi connectivity index (χ1v) is 54.3. The maximum Gasteiger partial charge on any atom is 0.343 e. The van der Waals surface area contributed by atoms with Crippen molar-refractivity contribution in [2.24, 2.45) is 11.5 Å². The number of Topliss-reactive ketones (excluding diaryl/α,β-unsaturated/α-hetero) is 2. The van der Waals surface area contributed by atoms with E-state index in [0.717, 1.165) is 98.5 Å². The molecule has 2 aromatic heterocycles. The van der Waals surface area contributed by atoms with Crippen LogP contribution in [0.5, 0.6) is 11.5 Å². The number of hydrogen-bond donors (Lipinski definition) is 2. The Hall–Kier alpha value is -14.5. The van der Waals surface area contributed by atoms with Crippen molar-refractivity contribution < 1.29 is 68.1 Å². The van der Waals surface area contributed by atoms with Gasteiger partial charge in [-0.05, 0) is 210 Å². The predicted octanol–water partition coefficient (Wildman–Crippen LogP) is 21.6. The number of primary amides is 2. The molecule has 0 fully saturated rings. The third kappa shape index (κ3) is 26.2. The molecule has 0 bridgehead atoms. The second-order valence-electron chi connectivity index (χ2n) is 34.4. The Morgan fingerprint density at radius 1 is 0.301 bits per heavy atom. The monoisotopic (exact) mass is 2150 g/mol. The van der Waals surface area contributed by atoms with Crippen molar-refractivity contribution >= 4 is 168 Å². The summed E-state index contributed by atoms with van der Waals surface area (Å²) < 4.78 is 26.2. The maximum absolute atomic E-state index is 13.1. The molecule has 0 saturated carbocycles. The SMILES string of the molecule is COC(=O)COc1cc2c(c3c1c(C(=O)C(N)=O)c(C)n3Cc1ccccc1-c1ccccc1)CCC2.COC(=O)COc1cc2c(c3c1c(C(=O)C(N)=O)c(C)n3Cc1ccccc1Br)CCC2.[Pd].c1ccc(P(c2ccccc2)c2ccccc2)cc1.c1ccc(P(c2ccccc2)c2ccccc2)cc1.c1ccc(P(c2ccccc2)c2ccccc2)cc1.c1ccc(P(c2ccccc2)c2ccccc2)cc1. The summed E-state index contributed by atoms with van der Waals surface area (Å²) in [4.78, 5) is 73.7. The van der Waals surface area contributed by atoms with Crippen LogP contribution in [0.15, 0.2) is 459 Å². The zero-order valence-electron chi connectivity index (χ0n) is 81.5. The van der Waals surface area contributed by atoms with Gasteiger partial charge in [-0.2, -0.15) is 0 Å². The number of ketones is 2. The molecule has 2 aliphatic rings. The van der Waals surface area contributed by atoms with Crippen LogP contribution in [0.4, 0.5) is 0 Å². The Bertz CT molecular complexity index is 6720. The van der Waals surface area contributed by atoms with Crippen molar-refractivity contribution in [2.45, 2.75) is 65.5 Å². The molecule has 4 N–H and O–H groups in total. The molecule has 2 amide bonds. The summed E-state index contributed by atoms with van der Waals surface area (Å²) in [6.07, 6.45) is 5.38. The van der Waals surface area contributed by atoms with E-state index in [2.05, 4.69) is 409 Å². The molecule has 0 unspecified atom stereocenters. The van der Waals surface area contributed by atoms with Gasteiger partial charge in [-0.1, -0.05) is 453 Å². The molecule has 2 heterocycles. The Balaban J connectivity index is 0.000000134. The van der Waals surface area contributed by atoms with Crippen molar-refractivity contribution in [1.29, 1.82) is 0 Å². The number of esters is 2. The molecule has 2 aliphatic carbocycles. The molecule has 0 atom stereocenters. The number of carbonyl (C=O) groups is 6. The molecule has 0 saturated heterocycles. The van der Waals surface area contributed by atoms with E-state index < -0.39 is 67.0 Å². The fourth-order valence-electron chi connectivity index (χ4n) is 18.5. The van der Waals surface area contributed by atoms with E-state index in [1.54, 1.807) is 6.92 Å². The molecule has 20 heteroatoms. The zero-order chi connectivity index (χ0) is 101. The number of rotatable bonds is 27. The third-order valence-electron chi connectivity index (χ3n) is 25.2. The number of halogens is 1. The van der Waals surface area contributed by atoms with Crippen LogP contribution in [0.3, 0.4) is 0 Å². The van der Waals surface area contributed by atoms with Crippen molar-refractivity contribution in [1.82, 2.24) is 9.13 Å². The average Bonchev–Trinajstić information content (AvgIpc) is 1.57. The van der Waals surface area contributed by atoms with Crippen LogP contribution in [0.1, 0.15) is 78.3 Å². The molecule has 21 rings (SSSR count). The van der Waals surface area contributed by atoms with E-state index in [0.29, 0.717) is 46.7 Å². The fraction of sp³-hybridized carbons (Fsp3) is 0.111. The van der Waals surface area contributed by atoms with Gasteiger partial charge in [-0.25, -0.2) is 9.59 Å². The number of carbonyl (C=O) groups excluding carboxylic acids is 6. The summed E-state index contributed by atoms with van der Waals surface area (Å²) in [5, 5.41) is 17.8. The Labute approximate surface area is 881 Å². The van der Waals surface area contributed by atoms with Gasteiger partial charge in [0.25, 0.3) is 23.4 Å². The van der Waals surface area contributed by atoms with E-state index >= 15 is 0 Å². The topological polar surface area (TPSA) is 201 Å². The first-order valence-electron chi connectivity index (χ1n) is 48.1. The van der Waals surface area contributed by atoms with E-state index in [1.165, 1.54) is 77.9 Å². The minimum atomic E-state index is -1.04. The molecule has 17 aromatic carbocycles. The van der Waals surface area contributed by atoms with Crippen molar-refractivity contribution in [3.63, 3.8) is 0 Å². The second kappa shape index (κ2) is 52.8. The van der Waals surface area contributed by atoms with Gasteiger partial charge in [0, 0.05) is 49.4 Å². The maximum atomic E-state index is 13.1. The number of aromatic nitrogens is 2. The molecule has 0 spiro atoms. The molecular weight excluding hydrogens is 2040 g/mol. The number of nitrogens with two attached hydrogens (primary N) is 2. The van der Waals surface area contributed by atoms with Gasteiger partial charge in [0.1, 0.15) is 11.5 Å². The predicted molar refractivity (Wildman–Crippen MR) is 604 cm³/mol. The van der Waals surface area contributed by atoms with Crippen molar-refractivity contribution in [2.75, 3.05) is 27.4 Å². The number of amides is 2. The number of methoxy groups -OCH3 is 2. The Morgan fingerprint density at radius 3 is 0.774 bits per heavy atom. The number of aryl methyl sites for hydroxylation is 4. The molecule has 0 radical (unpaired) electrons. The van der Waals surface area contributed by atoms with E-state index in [9.17, 15) is 28.8 Å². The quantitative estimate of drug-likeness (QED) is 0.0164. The second-order valence-corrected chi connectivity index (χ2v) is 44.1. The average molecular weight is 2150 g/mol. The first-order chi connectivity index (χ1) is 71.0. The summed E-state index contributed by atoms with van der Waals surface area (Å²) in [6, 6.07) is 159. The van der Waals surface area contributed by atoms with Crippen LogP contribution in [-0.2, 0) is 87.8 Å². The van der Waals surface area contributed by atoms with Gasteiger partial charge in [0.15, 0.2) is 13.2 Å². The van der Waals surface area contributed by atoms with Gasteiger partial charge in [0.2, 0.25) is 0 Å². The standard InChI is InChI=1S/C30H28N2O5.C24H23BrN2O5.4C18H15P.Pd/c1-18-26(29(34)30(31)35)27-24(37-17-25(33)36-2)15-20-12-8-14-23(20)28(27)32(18)16-21-11-6-7-13-22(21)19-9-4-3-5-10-19;1-13-20(23(29)24(26)30)21-18(32-12-19(28)31-2)10-14-7-5-8-16(14)22(21)27(13)11-15-6-3-4-9-17(15)25;4*1-4-10-16(11-5-1)19(17-12-6-2-7-13-17)18-14-8-3-9-15-18;/h3-7,9-11,13,15H,8,12,14,16-17H2,1-2H3,(H2,31,35);3-4,6,9-10H,5,7-8,11-12H2,1-2H3,(H2,26,30);4*1-15H;. The minimum absolute atomic E-state index is 0. The summed E-state index contributed by atoms with van der Waals surface area (Å²) in [7, 11) is 0.787. The van der Waals surface area contributed by atoms with Gasteiger partial charge in [-0.3, -0.25) is 19.2 Å². The number of benzene rings is 17.